The molecule has 0 fully saturated rings. The van der Waals surface area contributed by atoms with Crippen molar-refractivity contribution in [1.29, 1.82) is 0 Å². The molecule has 0 radical (unpaired) electrons. The van der Waals surface area contributed by atoms with Gasteiger partial charge in [-0.25, -0.2) is 12.8 Å². The van der Waals surface area contributed by atoms with E-state index < -0.39 is 34.3 Å². The quantitative estimate of drug-likeness (QED) is 0.313. The molecule has 0 bridgehead atoms. The lowest BCUT2D eigenvalue weighted by molar-refractivity contribution is -0.140. The van der Waals surface area contributed by atoms with E-state index in [1.165, 1.54) is 17.0 Å². The normalized spacial score (nSPS) is 12.8. The Morgan fingerprint density at radius 3 is 2.23 bits per heavy atom. The van der Waals surface area contributed by atoms with Crippen molar-refractivity contribution in [3.05, 3.63) is 100 Å². The van der Waals surface area contributed by atoms with E-state index in [0.717, 1.165) is 16.1 Å². The van der Waals surface area contributed by atoms with Gasteiger partial charge in [0, 0.05) is 23.5 Å². The number of anilines is 1. The summed E-state index contributed by atoms with van der Waals surface area (Å²) in [7, 11) is -3.85. The summed E-state index contributed by atoms with van der Waals surface area (Å²) in [6.45, 7) is 3.29. The molecule has 0 saturated heterocycles. The van der Waals surface area contributed by atoms with Crippen LogP contribution in [-0.2, 0) is 32.6 Å². The first-order valence-corrected chi connectivity index (χ1v) is 15.2. The molecule has 0 saturated carbocycles. The van der Waals surface area contributed by atoms with Crippen LogP contribution < -0.4 is 9.62 Å². The Bertz CT molecular complexity index is 1370. The average molecular weight is 619 g/mol. The minimum atomic E-state index is -3.85. The molecule has 0 heterocycles. The van der Waals surface area contributed by atoms with E-state index in [9.17, 15) is 22.4 Å². The summed E-state index contributed by atoms with van der Waals surface area (Å²) in [5.74, 6) is -1.34. The molecule has 1 N–H and O–H groups in total. The van der Waals surface area contributed by atoms with Crippen molar-refractivity contribution in [3.8, 4) is 0 Å². The molecule has 3 rings (SSSR count). The highest BCUT2D eigenvalue weighted by molar-refractivity contribution is 9.10. The van der Waals surface area contributed by atoms with Gasteiger partial charge in [-0.3, -0.25) is 13.9 Å². The van der Waals surface area contributed by atoms with Crippen LogP contribution in [0.5, 0.6) is 0 Å². The van der Waals surface area contributed by atoms with Crippen LogP contribution in [0.25, 0.3) is 0 Å². The van der Waals surface area contributed by atoms with Gasteiger partial charge < -0.3 is 10.2 Å². The summed E-state index contributed by atoms with van der Waals surface area (Å²) in [6.07, 6.45) is 1.94. The van der Waals surface area contributed by atoms with Gasteiger partial charge in [0.05, 0.1) is 11.9 Å². The first-order valence-electron chi connectivity index (χ1n) is 12.6. The van der Waals surface area contributed by atoms with Crippen LogP contribution in [0.15, 0.2) is 83.3 Å². The predicted molar refractivity (Wildman–Crippen MR) is 155 cm³/mol. The van der Waals surface area contributed by atoms with Gasteiger partial charge in [-0.05, 0) is 54.8 Å². The van der Waals surface area contributed by atoms with Crippen LogP contribution in [0.2, 0.25) is 0 Å². The van der Waals surface area contributed by atoms with Gasteiger partial charge in [0.1, 0.15) is 18.4 Å². The number of carbonyl (C=O) groups is 2. The SMILES string of the molecule is CCC(C)NC(=O)C(Cc1ccccc1)N(Cc1ccc(F)cc1)C(=O)CN(c1cccc(Br)c1)S(C)(=O)=O. The summed E-state index contributed by atoms with van der Waals surface area (Å²) >= 11 is 3.35. The van der Waals surface area contributed by atoms with Crippen molar-refractivity contribution in [2.75, 3.05) is 17.1 Å². The zero-order valence-corrected chi connectivity index (χ0v) is 24.6. The maximum atomic E-state index is 14.0. The van der Waals surface area contributed by atoms with E-state index in [1.807, 2.05) is 44.2 Å². The Morgan fingerprint density at radius 1 is 0.974 bits per heavy atom. The Morgan fingerprint density at radius 2 is 1.64 bits per heavy atom. The molecular weight excluding hydrogens is 585 g/mol. The standard InChI is InChI=1S/C29H33BrFN3O4S/c1-4-21(2)32-29(36)27(17-22-9-6-5-7-10-22)33(19-23-13-15-25(31)16-14-23)28(35)20-34(39(3,37)38)26-12-8-11-24(30)18-26/h5-16,18,21,27H,4,17,19-20H2,1-3H3,(H,32,36). The van der Waals surface area contributed by atoms with Gasteiger partial charge >= 0.3 is 0 Å². The summed E-state index contributed by atoms with van der Waals surface area (Å²) < 4.78 is 40.9. The third-order valence-corrected chi connectivity index (χ3v) is 7.95. The van der Waals surface area contributed by atoms with Crippen LogP contribution >= 0.6 is 15.9 Å². The monoisotopic (exact) mass is 617 g/mol. The minimum absolute atomic E-state index is 0.0133. The van der Waals surface area contributed by atoms with Gasteiger partial charge in [-0.15, -0.1) is 0 Å². The van der Waals surface area contributed by atoms with E-state index in [4.69, 9.17) is 0 Å². The van der Waals surface area contributed by atoms with E-state index in [2.05, 4.69) is 21.2 Å². The fourth-order valence-electron chi connectivity index (χ4n) is 4.03. The molecule has 0 aromatic heterocycles. The molecule has 2 atom stereocenters. The lowest BCUT2D eigenvalue weighted by Gasteiger charge is -2.34. The summed E-state index contributed by atoms with van der Waals surface area (Å²) in [5.41, 5.74) is 1.75. The first-order chi connectivity index (χ1) is 18.5. The Hall–Kier alpha value is -3.24. The topological polar surface area (TPSA) is 86.8 Å². The molecule has 0 aliphatic rings. The Balaban J connectivity index is 2.05. The number of sulfonamides is 1. The molecular formula is C29H33BrFN3O4S. The molecule has 3 aromatic carbocycles. The van der Waals surface area contributed by atoms with Crippen molar-refractivity contribution in [1.82, 2.24) is 10.2 Å². The van der Waals surface area contributed by atoms with Gasteiger partial charge in [-0.1, -0.05) is 71.4 Å². The molecule has 7 nitrogen and oxygen atoms in total. The predicted octanol–water partition coefficient (Wildman–Crippen LogP) is 4.91. The van der Waals surface area contributed by atoms with E-state index >= 15 is 0 Å². The number of nitrogens with zero attached hydrogens (tertiary/aromatic N) is 2. The van der Waals surface area contributed by atoms with Crippen LogP contribution in [0.4, 0.5) is 10.1 Å². The molecule has 2 amide bonds. The molecule has 3 aromatic rings. The highest BCUT2D eigenvalue weighted by atomic mass is 79.9. The van der Waals surface area contributed by atoms with Crippen LogP contribution in [-0.4, -0.2) is 50.0 Å². The van der Waals surface area contributed by atoms with Crippen LogP contribution in [0.3, 0.4) is 0 Å². The van der Waals surface area contributed by atoms with E-state index in [0.29, 0.717) is 22.1 Å². The second-order valence-electron chi connectivity index (χ2n) is 9.42. The van der Waals surface area contributed by atoms with Crippen LogP contribution in [0, 0.1) is 5.82 Å². The molecule has 0 aliphatic heterocycles. The average Bonchev–Trinajstić information content (AvgIpc) is 2.90. The number of amides is 2. The Labute approximate surface area is 238 Å². The largest absolute Gasteiger partial charge is 0.352 e. The summed E-state index contributed by atoms with van der Waals surface area (Å²) in [4.78, 5) is 29.0. The van der Waals surface area contributed by atoms with Crippen molar-refractivity contribution in [2.24, 2.45) is 0 Å². The lowest BCUT2D eigenvalue weighted by atomic mass is 10.0. The summed E-state index contributed by atoms with van der Waals surface area (Å²) in [6, 6.07) is 20.5. The third-order valence-electron chi connectivity index (χ3n) is 6.31. The maximum Gasteiger partial charge on any atom is 0.244 e. The van der Waals surface area contributed by atoms with E-state index in [1.54, 1.807) is 36.4 Å². The van der Waals surface area contributed by atoms with Crippen LogP contribution in [0.1, 0.15) is 31.4 Å². The first kappa shape index (κ1) is 30.3. The molecule has 10 heteroatoms. The van der Waals surface area contributed by atoms with Crippen molar-refractivity contribution in [3.63, 3.8) is 0 Å². The zero-order valence-electron chi connectivity index (χ0n) is 22.2. The zero-order chi connectivity index (χ0) is 28.6. The fourth-order valence-corrected chi connectivity index (χ4v) is 5.26. The molecule has 0 aliphatic carbocycles. The van der Waals surface area contributed by atoms with Crippen molar-refractivity contribution < 1.29 is 22.4 Å². The number of nitrogens with one attached hydrogen (secondary N) is 1. The fraction of sp³-hybridized carbons (Fsp3) is 0.310. The van der Waals surface area contributed by atoms with Crippen molar-refractivity contribution >= 4 is 43.5 Å². The molecule has 2 unspecified atom stereocenters. The minimum Gasteiger partial charge on any atom is -0.352 e. The third kappa shape index (κ3) is 8.90. The molecule has 0 spiro atoms. The molecule has 208 valence electrons. The number of carbonyl (C=O) groups excluding carboxylic acids is 2. The molecule has 39 heavy (non-hydrogen) atoms. The Kier molecular flexibility index (Phi) is 10.7. The smallest absolute Gasteiger partial charge is 0.244 e. The van der Waals surface area contributed by atoms with Gasteiger partial charge in [0.25, 0.3) is 0 Å². The number of rotatable bonds is 12. The highest BCUT2D eigenvalue weighted by Gasteiger charge is 2.33. The highest BCUT2D eigenvalue weighted by Crippen LogP contribution is 2.23. The van der Waals surface area contributed by atoms with Crippen molar-refractivity contribution in [2.45, 2.75) is 45.3 Å². The second kappa shape index (κ2) is 13.7. The van der Waals surface area contributed by atoms with E-state index in [-0.39, 0.29) is 24.9 Å². The van der Waals surface area contributed by atoms with Gasteiger partial charge in [0.15, 0.2) is 0 Å². The number of benzene rings is 3. The number of halogens is 2. The number of hydrogen-bond acceptors (Lipinski definition) is 4. The maximum absolute atomic E-state index is 14.0. The number of hydrogen-bond donors (Lipinski definition) is 1. The lowest BCUT2D eigenvalue weighted by Crippen LogP contribution is -2.54. The second-order valence-corrected chi connectivity index (χ2v) is 12.2. The van der Waals surface area contributed by atoms with Gasteiger partial charge in [0.2, 0.25) is 21.8 Å². The summed E-state index contributed by atoms with van der Waals surface area (Å²) in [5, 5.41) is 2.97. The van der Waals surface area contributed by atoms with Gasteiger partial charge in [-0.2, -0.15) is 0 Å².